The van der Waals surface area contributed by atoms with Crippen LogP contribution in [0, 0.1) is 0 Å². The molecule has 2 aliphatic rings. The number of pyridine rings is 2. The van der Waals surface area contributed by atoms with E-state index in [0.717, 1.165) is 74.4 Å². The van der Waals surface area contributed by atoms with Gasteiger partial charge in [0.25, 0.3) is 0 Å². The van der Waals surface area contributed by atoms with Gasteiger partial charge >= 0.3 is 0 Å². The molecule has 7 nitrogen and oxygen atoms in total. The lowest BCUT2D eigenvalue weighted by atomic mass is 10.1. The van der Waals surface area contributed by atoms with Crippen molar-refractivity contribution in [2.45, 2.75) is 18.9 Å². The van der Waals surface area contributed by atoms with E-state index in [0.29, 0.717) is 6.04 Å². The fraction of sp³-hybridized carbons (Fsp3) is 0.409. The standard InChI is InChI=1S/C22H26N6OS/c1-3-17(14-23-6-1)20-16-30-22(26-20)28-8-2-4-18(15-28)25-21-13-19(5-7-24-21)27-9-11-29-12-10-27/h1,3,5-7,13-14,16,18H,2,4,8-12,15H2,(H,24,25)/t18-/m1/s1. The third-order valence-electron chi connectivity index (χ3n) is 5.61. The molecule has 156 valence electrons. The van der Waals surface area contributed by atoms with Gasteiger partial charge in [-0.3, -0.25) is 4.98 Å². The molecule has 2 aliphatic heterocycles. The number of anilines is 3. The summed E-state index contributed by atoms with van der Waals surface area (Å²) in [6, 6.07) is 8.61. The zero-order valence-electron chi connectivity index (χ0n) is 16.9. The highest BCUT2D eigenvalue weighted by Gasteiger charge is 2.23. The minimum Gasteiger partial charge on any atom is -0.378 e. The molecule has 2 saturated heterocycles. The van der Waals surface area contributed by atoms with E-state index in [4.69, 9.17) is 9.72 Å². The number of rotatable bonds is 5. The lowest BCUT2D eigenvalue weighted by Crippen LogP contribution is -2.42. The molecule has 0 radical (unpaired) electrons. The Morgan fingerprint density at radius 1 is 1.10 bits per heavy atom. The van der Waals surface area contributed by atoms with E-state index < -0.39 is 0 Å². The van der Waals surface area contributed by atoms with Crippen LogP contribution in [0.4, 0.5) is 16.6 Å². The molecule has 0 unspecified atom stereocenters. The van der Waals surface area contributed by atoms with Crippen molar-refractivity contribution in [3.63, 3.8) is 0 Å². The van der Waals surface area contributed by atoms with Gasteiger partial charge < -0.3 is 19.9 Å². The maximum Gasteiger partial charge on any atom is 0.185 e. The van der Waals surface area contributed by atoms with E-state index in [1.807, 2.05) is 18.5 Å². The first-order valence-corrected chi connectivity index (χ1v) is 11.4. The molecule has 0 amide bonds. The Morgan fingerprint density at radius 2 is 2.03 bits per heavy atom. The van der Waals surface area contributed by atoms with Crippen molar-refractivity contribution >= 4 is 28.0 Å². The molecule has 0 spiro atoms. The zero-order chi connectivity index (χ0) is 20.2. The fourth-order valence-corrected chi connectivity index (χ4v) is 4.92. The van der Waals surface area contributed by atoms with Gasteiger partial charge in [-0.05, 0) is 31.0 Å². The first kappa shape index (κ1) is 19.3. The summed E-state index contributed by atoms with van der Waals surface area (Å²) in [5.41, 5.74) is 3.28. The average Bonchev–Trinajstić information content (AvgIpc) is 3.31. The number of hydrogen-bond acceptors (Lipinski definition) is 8. The van der Waals surface area contributed by atoms with Crippen LogP contribution in [0.25, 0.3) is 11.3 Å². The number of ether oxygens (including phenoxy) is 1. The Balaban J connectivity index is 1.25. The summed E-state index contributed by atoms with van der Waals surface area (Å²) in [4.78, 5) is 18.4. The second-order valence-electron chi connectivity index (χ2n) is 7.69. The van der Waals surface area contributed by atoms with Gasteiger partial charge in [0.2, 0.25) is 0 Å². The summed E-state index contributed by atoms with van der Waals surface area (Å²) < 4.78 is 5.47. The highest BCUT2D eigenvalue weighted by molar-refractivity contribution is 7.14. The first-order valence-electron chi connectivity index (χ1n) is 10.5. The van der Waals surface area contributed by atoms with Crippen molar-refractivity contribution in [1.29, 1.82) is 0 Å². The normalized spacial score (nSPS) is 19.7. The molecule has 5 heterocycles. The van der Waals surface area contributed by atoms with Crippen LogP contribution in [-0.2, 0) is 4.74 Å². The predicted molar refractivity (Wildman–Crippen MR) is 121 cm³/mol. The lowest BCUT2D eigenvalue weighted by molar-refractivity contribution is 0.122. The second-order valence-corrected chi connectivity index (χ2v) is 8.52. The van der Waals surface area contributed by atoms with Gasteiger partial charge in [-0.25, -0.2) is 9.97 Å². The molecule has 0 aromatic carbocycles. The maximum absolute atomic E-state index is 5.47. The molecule has 3 aromatic rings. The van der Waals surface area contributed by atoms with E-state index in [9.17, 15) is 0 Å². The molecule has 0 saturated carbocycles. The van der Waals surface area contributed by atoms with E-state index in [2.05, 4.69) is 48.7 Å². The summed E-state index contributed by atoms with van der Waals surface area (Å²) >= 11 is 1.71. The molecular formula is C22H26N6OS. The fourth-order valence-electron chi connectivity index (χ4n) is 4.05. The largest absolute Gasteiger partial charge is 0.378 e. The smallest absolute Gasteiger partial charge is 0.185 e. The summed E-state index contributed by atoms with van der Waals surface area (Å²) in [6.45, 7) is 5.42. The summed E-state index contributed by atoms with van der Waals surface area (Å²) in [6.07, 6.45) is 7.84. The van der Waals surface area contributed by atoms with Crippen LogP contribution in [-0.4, -0.2) is 60.4 Å². The van der Waals surface area contributed by atoms with Crippen molar-refractivity contribution in [2.24, 2.45) is 0 Å². The van der Waals surface area contributed by atoms with Crippen molar-refractivity contribution in [3.05, 3.63) is 48.2 Å². The van der Waals surface area contributed by atoms with E-state index in [1.54, 1.807) is 17.5 Å². The van der Waals surface area contributed by atoms with Gasteiger partial charge in [0, 0.05) is 73.5 Å². The third-order valence-corrected chi connectivity index (χ3v) is 6.51. The van der Waals surface area contributed by atoms with Crippen LogP contribution in [0.1, 0.15) is 12.8 Å². The number of aromatic nitrogens is 3. The van der Waals surface area contributed by atoms with Gasteiger partial charge in [0.1, 0.15) is 5.82 Å². The van der Waals surface area contributed by atoms with Gasteiger partial charge in [-0.2, -0.15) is 0 Å². The van der Waals surface area contributed by atoms with Crippen LogP contribution in [0.15, 0.2) is 48.2 Å². The zero-order valence-corrected chi connectivity index (χ0v) is 17.7. The molecular weight excluding hydrogens is 396 g/mol. The SMILES string of the molecule is c1cncc(-c2csc(N3CCC[C@@H](Nc4cc(N5CCOCC5)ccn4)C3)n2)c1. The Morgan fingerprint density at radius 3 is 2.90 bits per heavy atom. The minimum absolute atomic E-state index is 0.358. The minimum atomic E-state index is 0.358. The number of thiazole rings is 1. The van der Waals surface area contributed by atoms with Crippen LogP contribution < -0.4 is 15.1 Å². The van der Waals surface area contributed by atoms with E-state index >= 15 is 0 Å². The average molecular weight is 423 g/mol. The van der Waals surface area contributed by atoms with Crippen molar-refractivity contribution in [1.82, 2.24) is 15.0 Å². The Bertz CT molecular complexity index is 959. The second kappa shape index (κ2) is 8.97. The predicted octanol–water partition coefficient (Wildman–Crippen LogP) is 3.52. The van der Waals surface area contributed by atoms with Crippen molar-refractivity contribution < 1.29 is 4.74 Å². The molecule has 5 rings (SSSR count). The topological polar surface area (TPSA) is 66.4 Å². The van der Waals surface area contributed by atoms with Gasteiger partial charge in [0.05, 0.1) is 18.9 Å². The molecule has 2 fully saturated rings. The molecule has 3 aromatic heterocycles. The number of hydrogen-bond donors (Lipinski definition) is 1. The summed E-state index contributed by atoms with van der Waals surface area (Å²) in [7, 11) is 0. The number of nitrogens with zero attached hydrogens (tertiary/aromatic N) is 5. The van der Waals surface area contributed by atoms with E-state index in [-0.39, 0.29) is 0 Å². The van der Waals surface area contributed by atoms with Gasteiger partial charge in [-0.15, -0.1) is 11.3 Å². The Hall–Kier alpha value is -2.71. The number of piperidine rings is 1. The maximum atomic E-state index is 5.47. The first-order chi connectivity index (χ1) is 14.8. The highest BCUT2D eigenvalue weighted by atomic mass is 32.1. The third kappa shape index (κ3) is 4.39. The monoisotopic (exact) mass is 422 g/mol. The van der Waals surface area contributed by atoms with Crippen molar-refractivity contribution in [2.75, 3.05) is 54.5 Å². The van der Waals surface area contributed by atoms with E-state index in [1.165, 1.54) is 5.69 Å². The molecule has 1 atom stereocenters. The molecule has 1 N–H and O–H groups in total. The van der Waals surface area contributed by atoms with Crippen LogP contribution in [0.3, 0.4) is 0 Å². The lowest BCUT2D eigenvalue weighted by Gasteiger charge is -2.33. The molecule has 0 aliphatic carbocycles. The van der Waals surface area contributed by atoms with Gasteiger partial charge in [0.15, 0.2) is 5.13 Å². The highest BCUT2D eigenvalue weighted by Crippen LogP contribution is 2.29. The number of morpholine rings is 1. The summed E-state index contributed by atoms with van der Waals surface area (Å²) in [5.74, 6) is 0.945. The van der Waals surface area contributed by atoms with Crippen LogP contribution >= 0.6 is 11.3 Å². The van der Waals surface area contributed by atoms with Crippen LogP contribution in [0.5, 0.6) is 0 Å². The Kier molecular flexibility index (Phi) is 5.76. The quantitative estimate of drug-likeness (QED) is 0.675. The molecule has 0 bridgehead atoms. The number of nitrogens with one attached hydrogen (secondary N) is 1. The molecule has 30 heavy (non-hydrogen) atoms. The Labute approximate surface area is 180 Å². The van der Waals surface area contributed by atoms with Gasteiger partial charge in [-0.1, -0.05) is 0 Å². The molecule has 8 heteroatoms. The van der Waals surface area contributed by atoms with Crippen LogP contribution in [0.2, 0.25) is 0 Å². The summed E-state index contributed by atoms with van der Waals surface area (Å²) in [5, 5.41) is 6.86. The van der Waals surface area contributed by atoms with Crippen molar-refractivity contribution in [3.8, 4) is 11.3 Å².